The molecular weight excluding hydrogens is 444 g/mol. The smallest absolute Gasteiger partial charge is 0.309 e. The summed E-state index contributed by atoms with van der Waals surface area (Å²) in [4.78, 5) is 13.0. The summed E-state index contributed by atoms with van der Waals surface area (Å²) in [5, 5.41) is 43.2. The molecule has 13 atom stereocenters. The first-order valence-electron chi connectivity index (χ1n) is 14.3. The van der Waals surface area contributed by atoms with Crippen molar-refractivity contribution < 1.29 is 30.0 Å². The lowest BCUT2D eigenvalue weighted by Crippen LogP contribution is -2.55. The molecule has 0 aromatic heterocycles. The minimum absolute atomic E-state index is 0.00679. The van der Waals surface area contributed by atoms with E-state index in [1.165, 1.54) is 0 Å². The van der Waals surface area contributed by atoms with Gasteiger partial charge in [-0.2, -0.15) is 0 Å². The molecule has 4 N–H and O–H groups in total. The Balaban J connectivity index is 1.57. The molecule has 0 aromatic carbocycles. The summed E-state index contributed by atoms with van der Waals surface area (Å²) >= 11 is 0. The van der Waals surface area contributed by atoms with Crippen molar-refractivity contribution in [3.05, 3.63) is 0 Å². The van der Waals surface area contributed by atoms with Gasteiger partial charge in [0.15, 0.2) is 0 Å². The van der Waals surface area contributed by atoms with Crippen molar-refractivity contribution in [3.8, 4) is 0 Å². The molecule has 4 fully saturated rings. The Labute approximate surface area is 211 Å². The summed E-state index contributed by atoms with van der Waals surface area (Å²) in [7, 11) is 0. The number of esters is 1. The molecule has 3 saturated carbocycles. The maximum atomic E-state index is 13.0. The molecule has 202 valence electrons. The topological polar surface area (TPSA) is 107 Å². The van der Waals surface area contributed by atoms with Crippen LogP contribution < -0.4 is 0 Å². The van der Waals surface area contributed by atoms with Crippen molar-refractivity contribution >= 4 is 5.97 Å². The molecule has 4 aliphatic rings. The van der Waals surface area contributed by atoms with Crippen LogP contribution in [0, 0.1) is 58.2 Å². The fraction of sp³-hybridized carbons (Fsp3) is 0.966. The lowest BCUT2D eigenvalue weighted by atomic mass is 9.48. The van der Waals surface area contributed by atoms with Gasteiger partial charge >= 0.3 is 5.97 Å². The molecule has 3 aliphatic carbocycles. The number of carbonyl (C=O) groups is 1. The molecular formula is C29H50O6. The highest BCUT2D eigenvalue weighted by Crippen LogP contribution is 2.66. The van der Waals surface area contributed by atoms with Gasteiger partial charge in [-0.3, -0.25) is 4.79 Å². The Hall–Kier alpha value is -0.690. The molecule has 6 heteroatoms. The van der Waals surface area contributed by atoms with Gasteiger partial charge in [-0.25, -0.2) is 0 Å². The van der Waals surface area contributed by atoms with Crippen LogP contribution in [0.5, 0.6) is 0 Å². The number of hydrogen-bond donors (Lipinski definition) is 4. The van der Waals surface area contributed by atoms with Crippen LogP contribution in [0.1, 0.15) is 86.5 Å². The number of fused-ring (bicyclic) bond motifs is 5. The zero-order chi connectivity index (χ0) is 25.9. The van der Waals surface area contributed by atoms with E-state index in [2.05, 4.69) is 41.5 Å². The number of rotatable bonds is 6. The third-order valence-corrected chi connectivity index (χ3v) is 11.7. The van der Waals surface area contributed by atoms with Crippen LogP contribution in [0.15, 0.2) is 0 Å². The van der Waals surface area contributed by atoms with E-state index in [1.807, 2.05) is 0 Å². The lowest BCUT2D eigenvalue weighted by Gasteiger charge is -2.56. The predicted molar refractivity (Wildman–Crippen MR) is 134 cm³/mol. The zero-order valence-electron chi connectivity index (χ0n) is 22.7. The van der Waals surface area contributed by atoms with E-state index in [0.717, 1.165) is 32.1 Å². The molecule has 1 aliphatic heterocycles. The van der Waals surface area contributed by atoms with Gasteiger partial charge in [0.05, 0.1) is 36.9 Å². The van der Waals surface area contributed by atoms with Gasteiger partial charge in [0, 0.05) is 0 Å². The number of carbonyl (C=O) groups excluding carboxylic acids is 1. The van der Waals surface area contributed by atoms with E-state index >= 15 is 0 Å². The summed E-state index contributed by atoms with van der Waals surface area (Å²) in [6, 6.07) is 0. The Morgan fingerprint density at radius 3 is 2.26 bits per heavy atom. The van der Waals surface area contributed by atoms with Crippen LogP contribution in [0.4, 0.5) is 0 Å². The molecule has 6 nitrogen and oxygen atoms in total. The molecule has 0 bridgehead atoms. The minimum atomic E-state index is -0.867. The molecule has 1 saturated heterocycles. The predicted octanol–water partition coefficient (Wildman–Crippen LogP) is 3.78. The number of hydrogen-bond acceptors (Lipinski definition) is 6. The van der Waals surface area contributed by atoms with Crippen LogP contribution in [0.2, 0.25) is 0 Å². The Bertz CT molecular complexity index is 770. The summed E-state index contributed by atoms with van der Waals surface area (Å²) in [5.74, 6) is 1.01. The molecule has 0 radical (unpaired) electrons. The quantitative estimate of drug-likeness (QED) is 0.419. The summed E-state index contributed by atoms with van der Waals surface area (Å²) in [5.41, 5.74) is -0.348. The highest BCUT2D eigenvalue weighted by atomic mass is 16.5. The van der Waals surface area contributed by atoms with E-state index < -0.39 is 24.4 Å². The standard InChI is InChI=1S/C29H50O6/c1-7-17(15(2)3)26(33)25(32)16(4)19-8-9-20-18-14-35-27(34)22-12-23(30)24(31)13-29(22,6)21(18)10-11-28(19,20)5/h15-26,30-33H,7-14H2,1-6H3/t16-,17-,18-,19+,20-,21-,22?,23-,24+,25+,26+,28+,29+/m0/s1. The Kier molecular flexibility index (Phi) is 7.72. The second-order valence-electron chi connectivity index (χ2n) is 13.5. The SMILES string of the molecule is CC[C@@H](C(C)C)[C@@H](O)[C@H](O)[C@@H](C)[C@H]1CC[C@H]2[C@@H]3COC(=O)C4C[C@H](O)[C@H](O)C[C@]4(C)[C@H]3CC[C@]12C. The number of aliphatic hydroxyl groups excluding tert-OH is 4. The summed E-state index contributed by atoms with van der Waals surface area (Å²) in [6.45, 7) is 13.4. The molecule has 1 unspecified atom stereocenters. The van der Waals surface area contributed by atoms with Crippen LogP contribution in [-0.2, 0) is 9.53 Å². The Morgan fingerprint density at radius 1 is 0.971 bits per heavy atom. The van der Waals surface area contributed by atoms with Gasteiger partial charge in [-0.05, 0) is 90.8 Å². The van der Waals surface area contributed by atoms with Crippen LogP contribution in [-0.4, -0.2) is 57.4 Å². The molecule has 1 heterocycles. The van der Waals surface area contributed by atoms with Gasteiger partial charge < -0.3 is 25.2 Å². The van der Waals surface area contributed by atoms with E-state index in [9.17, 15) is 25.2 Å². The fourth-order valence-electron chi connectivity index (χ4n) is 9.60. The van der Waals surface area contributed by atoms with Crippen LogP contribution >= 0.6 is 0 Å². The molecule has 0 amide bonds. The van der Waals surface area contributed by atoms with Gasteiger partial charge in [0.2, 0.25) is 0 Å². The average molecular weight is 495 g/mol. The normalized spacial score (nSPS) is 47.1. The number of ether oxygens (including phenoxy) is 1. The van der Waals surface area contributed by atoms with Gasteiger partial charge in [-0.15, -0.1) is 0 Å². The average Bonchev–Trinajstić information content (AvgIpc) is 3.11. The second kappa shape index (κ2) is 9.89. The molecule has 0 spiro atoms. The highest BCUT2D eigenvalue weighted by molar-refractivity contribution is 5.74. The summed E-state index contributed by atoms with van der Waals surface area (Å²) in [6.07, 6.45) is 2.49. The first-order chi connectivity index (χ1) is 16.4. The number of cyclic esters (lactones) is 1. The maximum Gasteiger partial charge on any atom is 0.309 e. The summed E-state index contributed by atoms with van der Waals surface area (Å²) < 4.78 is 5.88. The van der Waals surface area contributed by atoms with E-state index in [0.29, 0.717) is 30.8 Å². The van der Waals surface area contributed by atoms with Crippen molar-refractivity contribution in [3.63, 3.8) is 0 Å². The zero-order valence-corrected chi connectivity index (χ0v) is 22.7. The monoisotopic (exact) mass is 494 g/mol. The maximum absolute atomic E-state index is 13.0. The minimum Gasteiger partial charge on any atom is -0.465 e. The molecule has 0 aromatic rings. The van der Waals surface area contributed by atoms with Crippen molar-refractivity contribution in [2.24, 2.45) is 58.2 Å². The molecule has 35 heavy (non-hydrogen) atoms. The third kappa shape index (κ3) is 4.38. The highest BCUT2D eigenvalue weighted by Gasteiger charge is 2.63. The van der Waals surface area contributed by atoms with Gasteiger partial charge in [-0.1, -0.05) is 48.0 Å². The largest absolute Gasteiger partial charge is 0.465 e. The van der Waals surface area contributed by atoms with Crippen molar-refractivity contribution in [2.75, 3.05) is 6.61 Å². The number of aliphatic hydroxyl groups is 4. The van der Waals surface area contributed by atoms with Crippen molar-refractivity contribution in [1.82, 2.24) is 0 Å². The van der Waals surface area contributed by atoms with E-state index in [-0.39, 0.29) is 52.8 Å². The first kappa shape index (κ1) is 27.3. The third-order valence-electron chi connectivity index (χ3n) is 11.7. The van der Waals surface area contributed by atoms with Gasteiger partial charge in [0.1, 0.15) is 0 Å². The van der Waals surface area contributed by atoms with Crippen molar-refractivity contribution in [2.45, 2.75) is 111 Å². The van der Waals surface area contributed by atoms with Gasteiger partial charge in [0.25, 0.3) is 0 Å². The molecule has 4 rings (SSSR count). The van der Waals surface area contributed by atoms with Crippen molar-refractivity contribution in [1.29, 1.82) is 0 Å². The lowest BCUT2D eigenvalue weighted by molar-refractivity contribution is -0.162. The fourth-order valence-corrected chi connectivity index (χ4v) is 9.60. The Morgan fingerprint density at radius 2 is 1.63 bits per heavy atom. The second-order valence-corrected chi connectivity index (χ2v) is 13.5. The van der Waals surface area contributed by atoms with E-state index in [4.69, 9.17) is 4.74 Å². The van der Waals surface area contributed by atoms with Crippen LogP contribution in [0.3, 0.4) is 0 Å². The van der Waals surface area contributed by atoms with E-state index in [1.54, 1.807) is 0 Å². The first-order valence-corrected chi connectivity index (χ1v) is 14.3. The van der Waals surface area contributed by atoms with Crippen LogP contribution in [0.25, 0.3) is 0 Å².